The number of carbonyl (C=O) groups excluding carboxylic acids is 1. The van der Waals surface area contributed by atoms with Crippen molar-refractivity contribution in [2.75, 3.05) is 0 Å². The Morgan fingerprint density at radius 2 is 1.00 bits per heavy atom. The SMILES string of the molecule is NC(=O)C(c1ccc(C(F)(F)F)cc1)c1ccc(C(F)(F)F)cc1. The number of rotatable bonds is 3. The van der Waals surface area contributed by atoms with Crippen molar-refractivity contribution in [1.29, 1.82) is 0 Å². The van der Waals surface area contributed by atoms with Crippen LogP contribution < -0.4 is 5.73 Å². The summed E-state index contributed by atoms with van der Waals surface area (Å²) in [5, 5.41) is 0. The minimum Gasteiger partial charge on any atom is -0.369 e. The lowest BCUT2D eigenvalue weighted by atomic mass is 9.89. The second-order valence-corrected chi connectivity index (χ2v) is 5.07. The summed E-state index contributed by atoms with van der Waals surface area (Å²) in [6.07, 6.45) is -9.07. The van der Waals surface area contributed by atoms with E-state index < -0.39 is 35.3 Å². The number of alkyl halides is 6. The van der Waals surface area contributed by atoms with Gasteiger partial charge in [0.05, 0.1) is 17.0 Å². The number of carbonyl (C=O) groups is 1. The molecule has 24 heavy (non-hydrogen) atoms. The van der Waals surface area contributed by atoms with E-state index in [4.69, 9.17) is 5.73 Å². The van der Waals surface area contributed by atoms with E-state index in [9.17, 15) is 31.1 Å². The van der Waals surface area contributed by atoms with Gasteiger partial charge in [-0.1, -0.05) is 24.3 Å². The molecule has 2 aromatic rings. The quantitative estimate of drug-likeness (QED) is 0.825. The number of amides is 1. The molecule has 0 saturated carbocycles. The molecule has 0 aromatic heterocycles. The van der Waals surface area contributed by atoms with Gasteiger partial charge < -0.3 is 5.73 Å². The lowest BCUT2D eigenvalue weighted by Gasteiger charge is -2.16. The van der Waals surface area contributed by atoms with Gasteiger partial charge in [0.25, 0.3) is 0 Å². The van der Waals surface area contributed by atoms with Crippen LogP contribution in [0.2, 0.25) is 0 Å². The summed E-state index contributed by atoms with van der Waals surface area (Å²) in [6.45, 7) is 0. The molecule has 0 unspecified atom stereocenters. The van der Waals surface area contributed by atoms with Crippen LogP contribution in [0.5, 0.6) is 0 Å². The summed E-state index contributed by atoms with van der Waals surface area (Å²) in [5.74, 6) is -2.02. The maximum Gasteiger partial charge on any atom is 0.416 e. The van der Waals surface area contributed by atoms with E-state index in [1.165, 1.54) is 0 Å². The van der Waals surface area contributed by atoms with Gasteiger partial charge in [0.15, 0.2) is 0 Å². The van der Waals surface area contributed by atoms with E-state index in [0.717, 1.165) is 48.5 Å². The van der Waals surface area contributed by atoms with Gasteiger partial charge >= 0.3 is 12.4 Å². The van der Waals surface area contributed by atoms with Crippen LogP contribution >= 0.6 is 0 Å². The molecule has 2 rings (SSSR count). The molecule has 0 radical (unpaired) electrons. The Kier molecular flexibility index (Phi) is 4.59. The fourth-order valence-electron chi connectivity index (χ4n) is 2.25. The molecule has 2 nitrogen and oxygen atoms in total. The summed E-state index contributed by atoms with van der Waals surface area (Å²) in [5.41, 5.74) is 3.79. The van der Waals surface area contributed by atoms with E-state index in [2.05, 4.69) is 0 Å². The molecule has 0 aliphatic rings. The first-order chi connectivity index (χ1) is 11.0. The predicted molar refractivity (Wildman–Crippen MR) is 73.9 cm³/mol. The Morgan fingerprint density at radius 1 is 0.708 bits per heavy atom. The second kappa shape index (κ2) is 6.18. The fraction of sp³-hybridized carbons (Fsp3) is 0.188. The van der Waals surface area contributed by atoms with E-state index >= 15 is 0 Å². The molecule has 0 fully saturated rings. The highest BCUT2D eigenvalue weighted by Crippen LogP contribution is 2.33. The molecule has 0 aliphatic heterocycles. The highest BCUT2D eigenvalue weighted by Gasteiger charge is 2.32. The predicted octanol–water partition coefficient (Wildman–Crippen LogP) is 4.34. The minimum atomic E-state index is -4.53. The average molecular weight is 347 g/mol. The molecule has 0 atom stereocenters. The van der Waals surface area contributed by atoms with Crippen molar-refractivity contribution in [2.24, 2.45) is 5.73 Å². The molecular formula is C16H11F6NO. The van der Waals surface area contributed by atoms with Crippen LogP contribution in [0.15, 0.2) is 48.5 Å². The van der Waals surface area contributed by atoms with Crippen molar-refractivity contribution in [3.05, 3.63) is 70.8 Å². The first kappa shape index (κ1) is 17.8. The van der Waals surface area contributed by atoms with Gasteiger partial charge in [-0.25, -0.2) is 0 Å². The molecule has 2 aromatic carbocycles. The minimum absolute atomic E-state index is 0.162. The highest BCUT2D eigenvalue weighted by atomic mass is 19.4. The van der Waals surface area contributed by atoms with Crippen LogP contribution in [-0.4, -0.2) is 5.91 Å². The van der Waals surface area contributed by atoms with Gasteiger partial charge in [-0.2, -0.15) is 26.3 Å². The smallest absolute Gasteiger partial charge is 0.369 e. The first-order valence-corrected chi connectivity index (χ1v) is 6.64. The van der Waals surface area contributed by atoms with Crippen molar-refractivity contribution in [1.82, 2.24) is 0 Å². The van der Waals surface area contributed by atoms with E-state index in [1.807, 2.05) is 0 Å². The van der Waals surface area contributed by atoms with Crippen LogP contribution in [0, 0.1) is 0 Å². The van der Waals surface area contributed by atoms with Crippen molar-refractivity contribution in [3.63, 3.8) is 0 Å². The normalized spacial score (nSPS) is 12.5. The van der Waals surface area contributed by atoms with Gasteiger partial charge in [-0.3, -0.25) is 4.79 Å². The zero-order valence-corrected chi connectivity index (χ0v) is 11.9. The fourth-order valence-corrected chi connectivity index (χ4v) is 2.25. The number of benzene rings is 2. The molecule has 0 heterocycles. The summed E-state index contributed by atoms with van der Waals surface area (Å²) < 4.78 is 75.4. The molecule has 2 N–H and O–H groups in total. The third kappa shape index (κ3) is 3.87. The van der Waals surface area contributed by atoms with Crippen LogP contribution in [0.3, 0.4) is 0 Å². The average Bonchev–Trinajstić information content (AvgIpc) is 2.46. The van der Waals surface area contributed by atoms with E-state index in [0.29, 0.717) is 0 Å². The van der Waals surface area contributed by atoms with Gasteiger partial charge in [0.1, 0.15) is 0 Å². The summed E-state index contributed by atoms with van der Waals surface area (Å²) in [7, 11) is 0. The number of primary amides is 1. The molecule has 0 spiro atoms. The summed E-state index contributed by atoms with van der Waals surface area (Å²) >= 11 is 0. The van der Waals surface area contributed by atoms with Crippen LogP contribution in [0.1, 0.15) is 28.2 Å². The monoisotopic (exact) mass is 347 g/mol. The molecular weight excluding hydrogens is 336 g/mol. The Hall–Kier alpha value is -2.51. The number of hydrogen-bond acceptors (Lipinski definition) is 1. The van der Waals surface area contributed by atoms with Crippen molar-refractivity contribution < 1.29 is 31.1 Å². The molecule has 128 valence electrons. The molecule has 0 saturated heterocycles. The van der Waals surface area contributed by atoms with Crippen molar-refractivity contribution in [3.8, 4) is 0 Å². The van der Waals surface area contributed by atoms with Crippen LogP contribution in [0.25, 0.3) is 0 Å². The van der Waals surface area contributed by atoms with Crippen molar-refractivity contribution in [2.45, 2.75) is 18.3 Å². The van der Waals surface area contributed by atoms with Gasteiger partial charge in [-0.05, 0) is 35.4 Å². The maximum atomic E-state index is 12.6. The standard InChI is InChI=1S/C16H11F6NO/c17-15(18,19)11-5-1-9(2-6-11)13(14(23)24)10-3-7-12(8-4-10)16(20,21)22/h1-8,13H,(H2,23,24). The Balaban J connectivity index is 2.38. The Bertz CT molecular complexity index is 659. The Morgan fingerprint density at radius 3 is 1.21 bits per heavy atom. The third-order valence-corrected chi connectivity index (χ3v) is 3.43. The van der Waals surface area contributed by atoms with Gasteiger partial charge in [0.2, 0.25) is 5.91 Å². The molecule has 0 bridgehead atoms. The summed E-state index contributed by atoms with van der Waals surface area (Å²) in [4.78, 5) is 11.6. The zero-order chi connectivity index (χ0) is 18.1. The number of halogens is 6. The largest absolute Gasteiger partial charge is 0.416 e. The first-order valence-electron chi connectivity index (χ1n) is 6.64. The number of hydrogen-bond donors (Lipinski definition) is 1. The van der Waals surface area contributed by atoms with Gasteiger partial charge in [-0.15, -0.1) is 0 Å². The van der Waals surface area contributed by atoms with Gasteiger partial charge in [0, 0.05) is 0 Å². The third-order valence-electron chi connectivity index (χ3n) is 3.43. The lowest BCUT2D eigenvalue weighted by Crippen LogP contribution is -2.22. The van der Waals surface area contributed by atoms with E-state index in [-0.39, 0.29) is 11.1 Å². The zero-order valence-electron chi connectivity index (χ0n) is 11.9. The van der Waals surface area contributed by atoms with Crippen molar-refractivity contribution >= 4 is 5.91 Å². The Labute approximate surface area is 132 Å². The highest BCUT2D eigenvalue weighted by molar-refractivity contribution is 5.85. The topological polar surface area (TPSA) is 43.1 Å². The lowest BCUT2D eigenvalue weighted by molar-refractivity contribution is -0.138. The number of nitrogens with two attached hydrogens (primary N) is 1. The summed E-state index contributed by atoms with van der Waals surface area (Å²) in [6, 6.07) is 7.47. The molecule has 8 heteroatoms. The van der Waals surface area contributed by atoms with Crippen LogP contribution in [-0.2, 0) is 17.1 Å². The second-order valence-electron chi connectivity index (χ2n) is 5.07. The maximum absolute atomic E-state index is 12.6. The molecule has 1 amide bonds. The van der Waals surface area contributed by atoms with Crippen LogP contribution in [0.4, 0.5) is 26.3 Å². The molecule has 0 aliphatic carbocycles. The van der Waals surface area contributed by atoms with E-state index in [1.54, 1.807) is 0 Å².